The Morgan fingerprint density at radius 2 is 1.71 bits per heavy atom. The maximum Gasteiger partial charge on any atom is 0.290 e. The first-order valence-electron chi connectivity index (χ1n) is 14.3. The van der Waals surface area contributed by atoms with Crippen LogP contribution in [-0.2, 0) is 9.53 Å². The predicted molar refractivity (Wildman–Crippen MR) is 170 cm³/mol. The van der Waals surface area contributed by atoms with Gasteiger partial charge in [-0.1, -0.05) is 18.2 Å². The number of rotatable bonds is 5. The molecule has 4 N–H and O–H groups in total. The van der Waals surface area contributed by atoms with Crippen molar-refractivity contribution in [3.05, 3.63) is 64.0 Å². The molecule has 1 unspecified atom stereocenters. The summed E-state index contributed by atoms with van der Waals surface area (Å²) in [5, 5.41) is 21.1. The van der Waals surface area contributed by atoms with Crippen LogP contribution in [0.25, 0.3) is 22.3 Å². The van der Waals surface area contributed by atoms with Crippen molar-refractivity contribution in [1.29, 1.82) is 0 Å². The van der Waals surface area contributed by atoms with E-state index in [1.54, 1.807) is 6.92 Å². The number of benzene rings is 3. The van der Waals surface area contributed by atoms with E-state index in [0.29, 0.717) is 30.2 Å². The number of ether oxygens (including phenoxy) is 2. The number of aliphatic hydroxyl groups is 1. The average Bonchev–Trinajstić information content (AvgIpc) is 2.91. The Hall–Kier alpha value is -3.62. The van der Waals surface area contributed by atoms with E-state index in [1.807, 2.05) is 19.2 Å². The van der Waals surface area contributed by atoms with Crippen molar-refractivity contribution in [3.8, 4) is 28.0 Å². The number of aryl methyl sites for hydroxylation is 2. The lowest BCUT2D eigenvalue weighted by molar-refractivity contribution is -0.122. The van der Waals surface area contributed by atoms with Gasteiger partial charge in [-0.3, -0.25) is 4.79 Å². The number of hydrogen-bond acceptors (Lipinski definition) is 6. The smallest absolute Gasteiger partial charge is 0.290 e. The molecule has 0 fully saturated rings. The molecule has 1 atom stereocenters. The van der Waals surface area contributed by atoms with Gasteiger partial charge in [-0.05, 0) is 113 Å². The molecule has 0 spiro atoms. The van der Waals surface area contributed by atoms with Crippen molar-refractivity contribution in [2.45, 2.75) is 74.0 Å². The molecular weight excluding hydrogens is 535 g/mol. The fourth-order valence-corrected chi connectivity index (χ4v) is 5.41. The quantitative estimate of drug-likeness (QED) is 0.228. The van der Waals surface area contributed by atoms with Crippen molar-refractivity contribution in [2.75, 3.05) is 37.4 Å². The van der Waals surface area contributed by atoms with Crippen molar-refractivity contribution in [3.63, 3.8) is 0 Å². The van der Waals surface area contributed by atoms with Gasteiger partial charge in [-0.15, -0.1) is 0 Å². The minimum absolute atomic E-state index is 0.250. The molecular formula is C34H47FN2O5. The number of fused-ring (bicyclic) bond motifs is 1. The van der Waals surface area contributed by atoms with Crippen LogP contribution >= 0.6 is 0 Å². The first-order valence-corrected chi connectivity index (χ1v) is 14.3. The molecule has 42 heavy (non-hydrogen) atoms. The highest BCUT2D eigenvalue weighted by Crippen LogP contribution is 2.48. The van der Waals surface area contributed by atoms with E-state index in [1.165, 1.54) is 11.1 Å². The normalized spacial score (nSPS) is 12.8. The molecule has 1 aliphatic rings. The van der Waals surface area contributed by atoms with Crippen molar-refractivity contribution < 1.29 is 28.9 Å². The predicted octanol–water partition coefficient (Wildman–Crippen LogP) is 7.81. The topological polar surface area (TPSA) is 100 Å². The van der Waals surface area contributed by atoms with Gasteiger partial charge in [-0.2, -0.15) is 0 Å². The number of hydrogen-bond donors (Lipinski definition) is 4. The molecule has 230 valence electrons. The Kier molecular flexibility index (Phi) is 12.4. The van der Waals surface area contributed by atoms with Gasteiger partial charge >= 0.3 is 0 Å². The number of aliphatic hydroxyl groups excluding tert-OH is 1. The lowest BCUT2D eigenvalue weighted by Crippen LogP contribution is -2.23. The first kappa shape index (κ1) is 34.6. The zero-order chi connectivity index (χ0) is 31.8. The van der Waals surface area contributed by atoms with Crippen LogP contribution in [0.1, 0.15) is 68.5 Å². The second-order valence-electron chi connectivity index (χ2n) is 11.2. The van der Waals surface area contributed by atoms with Gasteiger partial charge in [-0.25, -0.2) is 4.39 Å². The third-order valence-electron chi connectivity index (χ3n) is 7.07. The van der Waals surface area contributed by atoms with E-state index in [2.05, 4.69) is 84.2 Å². The largest absolute Gasteiger partial charge is 0.489 e. The Balaban J connectivity index is 0.000000946. The molecule has 3 aromatic rings. The lowest BCUT2D eigenvalue weighted by atomic mass is 9.82. The number of carboxylic acid groups (broad SMARTS) is 1. The standard InChI is InChI=1S/C31H39FN2O2.C2H6O.CH2O2/c1-17-10-11-22(16-18(17)2)26-19(3)27(23-12-13-24-30(28(23)32)34-14-15-35-24)25(20(4)29(26)33-9)21(5)36-31(6,7)8;1-2-3;2-1-3/h10-13,16,21,33-34H,14-15H2,1-9H3;3H,2H2,1H3;1H,(H,2,3). The van der Waals surface area contributed by atoms with Crippen molar-refractivity contribution >= 4 is 17.8 Å². The van der Waals surface area contributed by atoms with Gasteiger partial charge in [0.1, 0.15) is 18.0 Å². The van der Waals surface area contributed by atoms with E-state index in [0.717, 1.165) is 39.1 Å². The Bertz CT molecular complexity index is 1380. The number of anilines is 2. The van der Waals surface area contributed by atoms with Gasteiger partial charge in [0.25, 0.3) is 6.47 Å². The van der Waals surface area contributed by atoms with Gasteiger partial charge in [0.15, 0.2) is 5.82 Å². The zero-order valence-electron chi connectivity index (χ0n) is 26.7. The average molecular weight is 583 g/mol. The second kappa shape index (κ2) is 15.0. The van der Waals surface area contributed by atoms with Crippen LogP contribution in [0.15, 0.2) is 30.3 Å². The molecule has 0 amide bonds. The number of nitrogens with one attached hydrogen (secondary N) is 2. The Labute approximate surface area is 250 Å². The SMILES string of the molecule is CCO.CNc1c(C)c(C(C)OC(C)(C)C)c(-c2ccc3c(c2F)NCCO3)c(C)c1-c1ccc(C)c(C)c1.O=CO. The molecule has 8 heteroatoms. The maximum absolute atomic E-state index is 16.2. The lowest BCUT2D eigenvalue weighted by Gasteiger charge is -2.32. The molecule has 7 nitrogen and oxygen atoms in total. The van der Waals surface area contributed by atoms with Crippen molar-refractivity contribution in [2.24, 2.45) is 0 Å². The number of carbonyl (C=O) groups is 1. The van der Waals surface area contributed by atoms with Crippen LogP contribution in [-0.4, -0.2) is 49.1 Å². The van der Waals surface area contributed by atoms with Crippen molar-refractivity contribution in [1.82, 2.24) is 0 Å². The summed E-state index contributed by atoms with van der Waals surface area (Å²) in [5.41, 5.74) is 10.3. The number of halogens is 1. The van der Waals surface area contributed by atoms with E-state index < -0.39 is 0 Å². The summed E-state index contributed by atoms with van der Waals surface area (Å²) in [6, 6.07) is 10.2. The maximum atomic E-state index is 16.2. The Morgan fingerprint density at radius 3 is 2.26 bits per heavy atom. The van der Waals surface area contributed by atoms with Gasteiger partial charge in [0, 0.05) is 37.0 Å². The van der Waals surface area contributed by atoms with Crippen LogP contribution in [0, 0.1) is 33.5 Å². The Morgan fingerprint density at radius 1 is 1.10 bits per heavy atom. The van der Waals surface area contributed by atoms with Crippen LogP contribution in [0.3, 0.4) is 0 Å². The highest BCUT2D eigenvalue weighted by atomic mass is 19.1. The summed E-state index contributed by atoms with van der Waals surface area (Å²) >= 11 is 0. The van der Waals surface area contributed by atoms with E-state index >= 15 is 4.39 Å². The van der Waals surface area contributed by atoms with Crippen LogP contribution in [0.5, 0.6) is 5.75 Å². The summed E-state index contributed by atoms with van der Waals surface area (Å²) in [6.07, 6.45) is -0.251. The van der Waals surface area contributed by atoms with Gasteiger partial charge < -0.3 is 30.3 Å². The molecule has 1 aliphatic heterocycles. The van der Waals surface area contributed by atoms with Crippen LogP contribution < -0.4 is 15.4 Å². The fourth-order valence-electron chi connectivity index (χ4n) is 5.41. The first-order chi connectivity index (χ1) is 19.8. The fraction of sp³-hybridized carbons (Fsp3) is 0.441. The summed E-state index contributed by atoms with van der Waals surface area (Å²) in [4.78, 5) is 8.36. The molecule has 0 bridgehead atoms. The van der Waals surface area contributed by atoms with Gasteiger partial charge in [0.2, 0.25) is 0 Å². The summed E-state index contributed by atoms with van der Waals surface area (Å²) < 4.78 is 28.3. The third kappa shape index (κ3) is 7.81. The molecule has 4 rings (SSSR count). The van der Waals surface area contributed by atoms with E-state index in [4.69, 9.17) is 24.5 Å². The minimum Gasteiger partial charge on any atom is -0.489 e. The zero-order valence-corrected chi connectivity index (χ0v) is 26.7. The highest BCUT2D eigenvalue weighted by Gasteiger charge is 2.30. The second-order valence-corrected chi connectivity index (χ2v) is 11.2. The molecule has 0 aliphatic carbocycles. The summed E-state index contributed by atoms with van der Waals surface area (Å²) in [6.45, 7) is 19.4. The summed E-state index contributed by atoms with van der Waals surface area (Å²) in [7, 11) is 1.95. The molecule has 3 aromatic carbocycles. The van der Waals surface area contributed by atoms with Gasteiger partial charge in [0.05, 0.1) is 11.7 Å². The van der Waals surface area contributed by atoms with E-state index in [-0.39, 0.29) is 30.6 Å². The molecule has 0 radical (unpaired) electrons. The van der Waals surface area contributed by atoms with Crippen LogP contribution in [0.4, 0.5) is 15.8 Å². The monoisotopic (exact) mass is 582 g/mol. The highest BCUT2D eigenvalue weighted by molar-refractivity contribution is 5.92. The molecule has 0 aromatic heterocycles. The minimum atomic E-state index is -0.354. The van der Waals surface area contributed by atoms with E-state index in [9.17, 15) is 0 Å². The summed E-state index contributed by atoms with van der Waals surface area (Å²) in [5.74, 6) is 0.265. The molecule has 0 saturated carbocycles. The van der Waals surface area contributed by atoms with Crippen LogP contribution in [0.2, 0.25) is 0 Å². The molecule has 0 saturated heterocycles. The molecule has 1 heterocycles. The third-order valence-corrected chi connectivity index (χ3v) is 7.07.